The van der Waals surface area contributed by atoms with Gasteiger partial charge in [-0.15, -0.1) is 0 Å². The standard InChI is InChI=1S/C4H5NOS2/c1-2-3(6)5-4(7)8-2/h2H,1H3,(H,5,6,7)/t2-/m0/s1. The lowest BCUT2D eigenvalue weighted by molar-refractivity contribution is -0.118. The van der Waals surface area contributed by atoms with Crippen LogP contribution in [-0.4, -0.2) is 15.5 Å². The fourth-order valence-corrected chi connectivity index (χ4v) is 1.63. The van der Waals surface area contributed by atoms with Crippen LogP contribution in [0.15, 0.2) is 0 Å². The molecule has 0 radical (unpaired) electrons. The van der Waals surface area contributed by atoms with Crippen molar-refractivity contribution in [2.75, 3.05) is 0 Å². The van der Waals surface area contributed by atoms with Gasteiger partial charge in [-0.2, -0.15) is 0 Å². The third-order valence-electron chi connectivity index (χ3n) is 0.878. The number of amides is 1. The van der Waals surface area contributed by atoms with Gasteiger partial charge < -0.3 is 5.32 Å². The largest absolute Gasteiger partial charge is 0.311 e. The Morgan fingerprint density at radius 2 is 2.50 bits per heavy atom. The van der Waals surface area contributed by atoms with Crippen molar-refractivity contribution < 1.29 is 4.79 Å². The van der Waals surface area contributed by atoms with Crippen LogP contribution in [-0.2, 0) is 4.79 Å². The SMILES string of the molecule is C[C@@H]1SC(=S)NC1=O. The number of hydrogen-bond donors (Lipinski definition) is 1. The summed E-state index contributed by atoms with van der Waals surface area (Å²) in [4.78, 5) is 10.6. The lowest BCUT2D eigenvalue weighted by Crippen LogP contribution is -2.22. The Balaban J connectivity index is 2.64. The van der Waals surface area contributed by atoms with E-state index in [0.29, 0.717) is 4.32 Å². The molecule has 0 aromatic heterocycles. The Morgan fingerprint density at radius 3 is 2.62 bits per heavy atom. The van der Waals surface area contributed by atoms with E-state index in [9.17, 15) is 4.79 Å². The summed E-state index contributed by atoms with van der Waals surface area (Å²) in [6.45, 7) is 1.83. The normalized spacial score (nSPS) is 28.4. The van der Waals surface area contributed by atoms with E-state index in [-0.39, 0.29) is 11.2 Å². The molecular formula is C4H5NOS2. The molecule has 1 rings (SSSR count). The van der Waals surface area contributed by atoms with Crippen LogP contribution in [0.2, 0.25) is 0 Å². The third kappa shape index (κ3) is 1.00. The second kappa shape index (κ2) is 2.03. The summed E-state index contributed by atoms with van der Waals surface area (Å²) in [5.41, 5.74) is 0. The molecule has 0 bridgehead atoms. The quantitative estimate of drug-likeness (QED) is 0.506. The molecule has 0 saturated carbocycles. The Labute approximate surface area is 57.0 Å². The van der Waals surface area contributed by atoms with Gasteiger partial charge in [0.05, 0.1) is 5.25 Å². The van der Waals surface area contributed by atoms with Crippen LogP contribution in [0, 0.1) is 0 Å². The predicted molar refractivity (Wildman–Crippen MR) is 37.8 cm³/mol. The van der Waals surface area contributed by atoms with Gasteiger partial charge in [-0.25, -0.2) is 0 Å². The molecule has 44 valence electrons. The number of hydrogen-bond acceptors (Lipinski definition) is 3. The van der Waals surface area contributed by atoms with Gasteiger partial charge in [-0.05, 0) is 6.92 Å². The molecule has 0 aromatic rings. The number of thiocarbonyl (C=S) groups is 1. The predicted octanol–water partition coefficient (Wildman–Crippen LogP) is 0.523. The Kier molecular flexibility index (Phi) is 1.53. The van der Waals surface area contributed by atoms with E-state index in [1.807, 2.05) is 6.92 Å². The van der Waals surface area contributed by atoms with E-state index in [0.717, 1.165) is 0 Å². The summed E-state index contributed by atoms with van der Waals surface area (Å²) in [5.74, 6) is 0.0278. The summed E-state index contributed by atoms with van der Waals surface area (Å²) < 4.78 is 0.600. The number of rotatable bonds is 0. The van der Waals surface area contributed by atoms with E-state index in [4.69, 9.17) is 12.2 Å². The smallest absolute Gasteiger partial charge is 0.238 e. The zero-order valence-electron chi connectivity index (χ0n) is 4.30. The van der Waals surface area contributed by atoms with Crippen LogP contribution >= 0.6 is 24.0 Å². The fraction of sp³-hybridized carbons (Fsp3) is 0.500. The zero-order chi connectivity index (χ0) is 6.15. The molecular weight excluding hydrogens is 142 g/mol. The van der Waals surface area contributed by atoms with Gasteiger partial charge in [0.2, 0.25) is 5.91 Å². The van der Waals surface area contributed by atoms with Crippen molar-refractivity contribution in [1.29, 1.82) is 0 Å². The van der Waals surface area contributed by atoms with Gasteiger partial charge in [0.1, 0.15) is 4.32 Å². The molecule has 1 aliphatic rings. The highest BCUT2D eigenvalue weighted by Crippen LogP contribution is 2.17. The number of nitrogens with one attached hydrogen (secondary N) is 1. The van der Waals surface area contributed by atoms with Gasteiger partial charge in [0.25, 0.3) is 0 Å². The van der Waals surface area contributed by atoms with Gasteiger partial charge in [0.15, 0.2) is 0 Å². The third-order valence-corrected chi connectivity index (χ3v) is 2.15. The molecule has 1 fully saturated rings. The summed E-state index contributed by atoms with van der Waals surface area (Å²) in [5, 5.41) is 2.54. The maximum absolute atomic E-state index is 10.6. The van der Waals surface area contributed by atoms with Crippen LogP contribution in [0.3, 0.4) is 0 Å². The molecule has 1 aliphatic heterocycles. The average molecular weight is 147 g/mol. The molecule has 1 heterocycles. The van der Waals surface area contributed by atoms with Crippen LogP contribution in [0.5, 0.6) is 0 Å². The molecule has 0 aromatic carbocycles. The second-order valence-electron chi connectivity index (χ2n) is 1.54. The molecule has 1 N–H and O–H groups in total. The molecule has 8 heavy (non-hydrogen) atoms. The summed E-state index contributed by atoms with van der Waals surface area (Å²) in [6.07, 6.45) is 0. The van der Waals surface area contributed by atoms with E-state index >= 15 is 0 Å². The van der Waals surface area contributed by atoms with Gasteiger partial charge in [-0.3, -0.25) is 4.79 Å². The monoisotopic (exact) mass is 147 g/mol. The first-order valence-corrected chi connectivity index (χ1v) is 3.50. The Bertz CT molecular complexity index is 145. The van der Waals surface area contributed by atoms with Crippen molar-refractivity contribution in [3.05, 3.63) is 0 Å². The van der Waals surface area contributed by atoms with Gasteiger partial charge >= 0.3 is 0 Å². The second-order valence-corrected chi connectivity index (χ2v) is 3.55. The molecule has 4 heteroatoms. The van der Waals surface area contributed by atoms with Gasteiger partial charge in [0, 0.05) is 0 Å². The minimum absolute atomic E-state index is 0.0162. The van der Waals surface area contributed by atoms with Crippen LogP contribution < -0.4 is 5.32 Å². The van der Waals surface area contributed by atoms with Crippen molar-refractivity contribution in [3.8, 4) is 0 Å². The number of carbonyl (C=O) groups is 1. The molecule has 0 aliphatic carbocycles. The first-order valence-electron chi connectivity index (χ1n) is 2.21. The molecule has 1 saturated heterocycles. The van der Waals surface area contributed by atoms with Crippen molar-refractivity contribution in [2.24, 2.45) is 0 Å². The lowest BCUT2D eigenvalue weighted by Gasteiger charge is -1.87. The van der Waals surface area contributed by atoms with E-state index in [2.05, 4.69) is 5.32 Å². The van der Waals surface area contributed by atoms with Gasteiger partial charge in [-0.1, -0.05) is 24.0 Å². The van der Waals surface area contributed by atoms with Crippen molar-refractivity contribution in [1.82, 2.24) is 5.32 Å². The Hall–Kier alpha value is -0.0900. The summed E-state index contributed by atoms with van der Waals surface area (Å²) in [6, 6.07) is 0. The van der Waals surface area contributed by atoms with E-state index in [1.165, 1.54) is 11.8 Å². The van der Waals surface area contributed by atoms with Crippen molar-refractivity contribution in [3.63, 3.8) is 0 Å². The minimum atomic E-state index is 0.0162. The summed E-state index contributed by atoms with van der Waals surface area (Å²) >= 11 is 6.10. The molecule has 1 atom stereocenters. The lowest BCUT2D eigenvalue weighted by atomic mass is 10.5. The first-order chi connectivity index (χ1) is 3.70. The molecule has 0 unspecified atom stereocenters. The Morgan fingerprint density at radius 1 is 1.88 bits per heavy atom. The van der Waals surface area contributed by atoms with Crippen molar-refractivity contribution in [2.45, 2.75) is 12.2 Å². The van der Waals surface area contributed by atoms with Crippen molar-refractivity contribution >= 4 is 34.2 Å². The number of thioether (sulfide) groups is 1. The fourth-order valence-electron chi connectivity index (χ4n) is 0.446. The molecule has 0 spiro atoms. The van der Waals surface area contributed by atoms with E-state index in [1.54, 1.807) is 0 Å². The highest BCUT2D eigenvalue weighted by molar-refractivity contribution is 8.24. The zero-order valence-corrected chi connectivity index (χ0v) is 5.94. The van der Waals surface area contributed by atoms with E-state index < -0.39 is 0 Å². The van der Waals surface area contributed by atoms with Crippen LogP contribution in [0.25, 0.3) is 0 Å². The molecule has 1 amide bonds. The highest BCUT2D eigenvalue weighted by atomic mass is 32.2. The maximum Gasteiger partial charge on any atom is 0.238 e. The highest BCUT2D eigenvalue weighted by Gasteiger charge is 2.23. The number of carbonyl (C=O) groups excluding carboxylic acids is 1. The average Bonchev–Trinajstić information content (AvgIpc) is 1.85. The van der Waals surface area contributed by atoms with Crippen LogP contribution in [0.4, 0.5) is 0 Å². The maximum atomic E-state index is 10.6. The minimum Gasteiger partial charge on any atom is -0.311 e. The summed E-state index contributed by atoms with van der Waals surface area (Å²) in [7, 11) is 0. The molecule has 2 nitrogen and oxygen atoms in total. The topological polar surface area (TPSA) is 29.1 Å². The first kappa shape index (κ1) is 6.04. The van der Waals surface area contributed by atoms with Crippen LogP contribution in [0.1, 0.15) is 6.92 Å².